The van der Waals surface area contributed by atoms with Crippen LogP contribution in [0.1, 0.15) is 78.0 Å². The van der Waals surface area contributed by atoms with Crippen molar-refractivity contribution in [1.29, 1.82) is 0 Å². The van der Waals surface area contributed by atoms with Crippen molar-refractivity contribution in [3.63, 3.8) is 0 Å². The number of hydrogen-bond donors (Lipinski definition) is 4. The van der Waals surface area contributed by atoms with Crippen LogP contribution in [0.15, 0.2) is 48.5 Å². The fraction of sp³-hybridized carbons (Fsp3) is 0.452. The third-order valence-electron chi connectivity index (χ3n) is 7.36. The quantitative estimate of drug-likeness (QED) is 0.219. The van der Waals surface area contributed by atoms with Gasteiger partial charge in [-0.05, 0) is 80.1 Å². The summed E-state index contributed by atoms with van der Waals surface area (Å²) in [6, 6.07) is 17.8. The van der Waals surface area contributed by atoms with Crippen molar-refractivity contribution in [1.82, 2.24) is 16.0 Å². The minimum atomic E-state index is -0.0964. The smallest absolute Gasteiger partial charge is 0.252 e. The van der Waals surface area contributed by atoms with Crippen LogP contribution in [0, 0.1) is 13.8 Å². The zero-order chi connectivity index (χ0) is 26.4. The molecule has 0 aliphatic carbocycles. The predicted octanol–water partition coefficient (Wildman–Crippen LogP) is 6.57. The van der Waals surface area contributed by atoms with E-state index in [0.29, 0.717) is 12.1 Å². The van der Waals surface area contributed by atoms with Crippen LogP contribution in [0.5, 0.6) is 0 Å². The van der Waals surface area contributed by atoms with Crippen molar-refractivity contribution < 1.29 is 4.79 Å². The molecule has 1 aromatic heterocycles. The number of benzene rings is 2. The van der Waals surface area contributed by atoms with Crippen LogP contribution in [0.4, 0.5) is 5.69 Å². The molecule has 2 aromatic carbocycles. The molecule has 1 amide bonds. The van der Waals surface area contributed by atoms with Gasteiger partial charge in [-0.25, -0.2) is 0 Å². The average molecular weight is 519 g/mol. The molecule has 2 atom stereocenters. The Morgan fingerprint density at radius 2 is 1.89 bits per heavy atom. The Morgan fingerprint density at radius 1 is 1.08 bits per heavy atom. The molecule has 37 heavy (non-hydrogen) atoms. The van der Waals surface area contributed by atoms with Crippen molar-refractivity contribution in [2.75, 3.05) is 18.4 Å². The summed E-state index contributed by atoms with van der Waals surface area (Å²) < 4.78 is 0. The number of hydrogen-bond acceptors (Lipinski definition) is 5. The summed E-state index contributed by atoms with van der Waals surface area (Å²) in [7, 11) is 0. The van der Waals surface area contributed by atoms with Crippen LogP contribution in [0.3, 0.4) is 0 Å². The van der Waals surface area contributed by atoms with Crippen molar-refractivity contribution in [3.8, 4) is 10.4 Å². The minimum Gasteiger partial charge on any atom is -0.380 e. The fourth-order valence-corrected chi connectivity index (χ4v) is 5.90. The summed E-state index contributed by atoms with van der Waals surface area (Å²) in [6.07, 6.45) is 3.59. The monoisotopic (exact) mass is 518 g/mol. The van der Waals surface area contributed by atoms with E-state index in [9.17, 15) is 4.79 Å². The van der Waals surface area contributed by atoms with Crippen LogP contribution < -0.4 is 21.3 Å². The first-order valence-corrected chi connectivity index (χ1v) is 14.5. The van der Waals surface area contributed by atoms with Crippen LogP contribution in [0.25, 0.3) is 10.4 Å². The molecule has 4 rings (SSSR count). The number of nitrogens with one attached hydrogen (secondary N) is 4. The van der Waals surface area contributed by atoms with E-state index in [1.165, 1.54) is 33.7 Å². The maximum absolute atomic E-state index is 13.2. The van der Waals surface area contributed by atoms with Gasteiger partial charge in [0, 0.05) is 46.7 Å². The highest BCUT2D eigenvalue weighted by Crippen LogP contribution is 2.33. The second-order valence-corrected chi connectivity index (χ2v) is 11.5. The number of thiophene rings is 1. The maximum atomic E-state index is 13.2. The lowest BCUT2D eigenvalue weighted by Crippen LogP contribution is -2.51. The summed E-state index contributed by atoms with van der Waals surface area (Å²) >= 11 is 1.87. The average Bonchev–Trinajstić information content (AvgIpc) is 3.25. The lowest BCUT2D eigenvalue weighted by molar-refractivity contribution is 0.0939. The minimum absolute atomic E-state index is 0.0383. The van der Waals surface area contributed by atoms with Crippen LogP contribution in [-0.4, -0.2) is 31.1 Å². The molecule has 1 aliphatic rings. The van der Waals surface area contributed by atoms with Gasteiger partial charge in [0.1, 0.15) is 0 Å². The molecule has 198 valence electrons. The third kappa shape index (κ3) is 7.01. The highest BCUT2D eigenvalue weighted by Gasteiger charge is 2.19. The van der Waals surface area contributed by atoms with E-state index in [0.717, 1.165) is 48.4 Å². The van der Waals surface area contributed by atoms with Gasteiger partial charge in [0.25, 0.3) is 5.91 Å². The summed E-state index contributed by atoms with van der Waals surface area (Å²) in [5, 5.41) is 13.7. The van der Waals surface area contributed by atoms with Gasteiger partial charge in [0.05, 0.1) is 12.1 Å². The van der Waals surface area contributed by atoms with Crippen molar-refractivity contribution >= 4 is 22.9 Å². The molecular weight excluding hydrogens is 476 g/mol. The molecule has 2 unspecified atom stereocenters. The Labute approximate surface area is 226 Å². The predicted molar refractivity (Wildman–Crippen MR) is 158 cm³/mol. The molecule has 1 aliphatic heterocycles. The maximum Gasteiger partial charge on any atom is 0.252 e. The molecule has 4 N–H and O–H groups in total. The van der Waals surface area contributed by atoms with Gasteiger partial charge >= 0.3 is 0 Å². The molecule has 6 heteroatoms. The second kappa shape index (κ2) is 12.7. The second-order valence-electron chi connectivity index (χ2n) is 10.3. The molecule has 0 bridgehead atoms. The molecule has 0 saturated carbocycles. The van der Waals surface area contributed by atoms with Crippen molar-refractivity contribution in [2.45, 2.75) is 78.6 Å². The zero-order valence-electron chi connectivity index (χ0n) is 22.9. The first kappa shape index (κ1) is 27.4. The Morgan fingerprint density at radius 3 is 2.59 bits per heavy atom. The lowest BCUT2D eigenvalue weighted by atomic mass is 10.0. The van der Waals surface area contributed by atoms with Gasteiger partial charge in [-0.2, -0.15) is 0 Å². The summed E-state index contributed by atoms with van der Waals surface area (Å²) in [4.78, 5) is 15.9. The number of carbonyl (C=O) groups is 1. The molecule has 5 nitrogen and oxygen atoms in total. The van der Waals surface area contributed by atoms with E-state index >= 15 is 0 Å². The summed E-state index contributed by atoms with van der Waals surface area (Å²) in [5.41, 5.74) is 6.35. The van der Waals surface area contributed by atoms with E-state index < -0.39 is 0 Å². The molecule has 3 aromatic rings. The van der Waals surface area contributed by atoms with Gasteiger partial charge in [-0.1, -0.05) is 44.5 Å². The molecular formula is C31H42N4OS. The first-order valence-electron chi connectivity index (χ1n) is 13.7. The Hall–Kier alpha value is -2.67. The Balaban J connectivity index is 1.43. The summed E-state index contributed by atoms with van der Waals surface area (Å²) in [6.45, 7) is 13.6. The molecule has 1 saturated heterocycles. The molecule has 0 radical (unpaired) electrons. The van der Waals surface area contributed by atoms with Gasteiger partial charge in [-0.15, -0.1) is 11.3 Å². The first-order chi connectivity index (χ1) is 17.9. The third-order valence-corrected chi connectivity index (χ3v) is 8.64. The van der Waals surface area contributed by atoms with Gasteiger partial charge in [0.15, 0.2) is 0 Å². The SMILES string of the molecule is CCCC(CC)NCc1sc(-c2cccc(C(C)NC(=O)c3cc(NC4CNC4)ccc3C)c2)cc1C. The molecule has 1 fully saturated rings. The standard InChI is InChI=1S/C31H42N4OS/c1-6-9-25(7-2)33-19-30-21(4)14-29(37-30)24-11-8-10-23(15-24)22(5)34-31(36)28-16-26(13-12-20(28)3)35-27-17-32-18-27/h8,10-16,22,25,27,32-33,35H,6-7,9,17-19H2,1-5H3,(H,34,36). The Kier molecular flexibility index (Phi) is 9.41. The van der Waals surface area contributed by atoms with Crippen molar-refractivity contribution in [2.24, 2.45) is 0 Å². The van der Waals surface area contributed by atoms with Gasteiger partial charge in [-0.3, -0.25) is 4.79 Å². The van der Waals surface area contributed by atoms with E-state index in [-0.39, 0.29) is 11.9 Å². The normalized spacial score (nSPS) is 15.2. The van der Waals surface area contributed by atoms with E-state index in [2.05, 4.69) is 85.4 Å². The van der Waals surface area contributed by atoms with Crippen LogP contribution in [0.2, 0.25) is 0 Å². The number of carbonyl (C=O) groups excluding carboxylic acids is 1. The Bertz CT molecular complexity index is 1200. The fourth-order valence-electron chi connectivity index (χ4n) is 4.78. The number of rotatable bonds is 12. The van der Waals surface area contributed by atoms with Gasteiger partial charge < -0.3 is 21.3 Å². The van der Waals surface area contributed by atoms with Crippen LogP contribution >= 0.6 is 11.3 Å². The summed E-state index contributed by atoms with van der Waals surface area (Å²) in [5.74, 6) is -0.0383. The number of anilines is 1. The topological polar surface area (TPSA) is 65.2 Å². The van der Waals surface area contributed by atoms with E-state index in [1.54, 1.807) is 0 Å². The van der Waals surface area contributed by atoms with Gasteiger partial charge in [0.2, 0.25) is 0 Å². The number of amides is 1. The van der Waals surface area contributed by atoms with Crippen molar-refractivity contribution in [3.05, 3.63) is 75.7 Å². The lowest BCUT2D eigenvalue weighted by Gasteiger charge is -2.29. The highest BCUT2D eigenvalue weighted by molar-refractivity contribution is 7.15. The highest BCUT2D eigenvalue weighted by atomic mass is 32.1. The van der Waals surface area contributed by atoms with Crippen LogP contribution in [-0.2, 0) is 6.54 Å². The largest absolute Gasteiger partial charge is 0.380 e. The molecule has 0 spiro atoms. The van der Waals surface area contributed by atoms with E-state index in [4.69, 9.17) is 0 Å². The number of aryl methyl sites for hydroxylation is 2. The zero-order valence-corrected chi connectivity index (χ0v) is 23.7. The van der Waals surface area contributed by atoms with E-state index in [1.807, 2.05) is 30.4 Å². The molecule has 2 heterocycles.